The van der Waals surface area contributed by atoms with E-state index in [0.717, 1.165) is 29.1 Å². The van der Waals surface area contributed by atoms with Gasteiger partial charge in [-0.3, -0.25) is 0 Å². The Labute approximate surface area is 130 Å². The largest absolute Gasteiger partial charge is 0.341 e. The van der Waals surface area contributed by atoms with Crippen molar-refractivity contribution in [3.63, 3.8) is 0 Å². The highest BCUT2D eigenvalue weighted by atomic mass is 19.1. The second-order valence-corrected chi connectivity index (χ2v) is 5.18. The molecule has 0 aliphatic carbocycles. The van der Waals surface area contributed by atoms with Crippen LogP contribution in [0, 0.1) is 5.82 Å². The van der Waals surface area contributed by atoms with Gasteiger partial charge in [-0.05, 0) is 30.7 Å². The third kappa shape index (κ3) is 2.48. The summed E-state index contributed by atoms with van der Waals surface area (Å²) in [6.45, 7) is 6.87. The lowest BCUT2D eigenvalue weighted by molar-refractivity contribution is 0.524. The van der Waals surface area contributed by atoms with E-state index in [1.165, 1.54) is 6.07 Å². The second-order valence-electron chi connectivity index (χ2n) is 5.18. The third-order valence-electron chi connectivity index (χ3n) is 3.84. The van der Waals surface area contributed by atoms with Crippen molar-refractivity contribution in [2.45, 2.75) is 6.92 Å². The van der Waals surface area contributed by atoms with E-state index in [1.54, 1.807) is 6.07 Å². The Bertz CT molecular complexity index is 756. The SMILES string of the molecule is C=C1C=CC(c2ccccc2)=C(c2ccccc2F)N1CC. The van der Waals surface area contributed by atoms with E-state index in [0.29, 0.717) is 5.56 Å². The molecule has 0 saturated heterocycles. The van der Waals surface area contributed by atoms with Crippen molar-refractivity contribution >= 4 is 11.3 Å². The number of allylic oxidation sites excluding steroid dienone is 3. The molecule has 0 fully saturated rings. The molecule has 2 aromatic rings. The number of halogens is 1. The van der Waals surface area contributed by atoms with Crippen LogP contribution in [0.3, 0.4) is 0 Å². The molecule has 22 heavy (non-hydrogen) atoms. The van der Waals surface area contributed by atoms with Gasteiger partial charge in [0.15, 0.2) is 0 Å². The summed E-state index contributed by atoms with van der Waals surface area (Å²) >= 11 is 0. The standard InChI is InChI=1S/C20H18FN/c1-3-22-15(2)13-14-17(16-9-5-4-6-10-16)20(22)18-11-7-8-12-19(18)21/h4-14H,2-3H2,1H3. The maximum absolute atomic E-state index is 14.4. The summed E-state index contributed by atoms with van der Waals surface area (Å²) in [6, 6.07) is 17.0. The minimum Gasteiger partial charge on any atom is -0.341 e. The van der Waals surface area contributed by atoms with Gasteiger partial charge in [0.25, 0.3) is 0 Å². The van der Waals surface area contributed by atoms with Gasteiger partial charge in [0.05, 0.1) is 5.70 Å². The Hall–Kier alpha value is -2.61. The molecule has 1 heterocycles. The summed E-state index contributed by atoms with van der Waals surface area (Å²) in [6.07, 6.45) is 4.00. The molecule has 0 radical (unpaired) electrons. The van der Waals surface area contributed by atoms with E-state index in [2.05, 4.69) is 11.5 Å². The molecule has 2 heteroatoms. The van der Waals surface area contributed by atoms with Crippen LogP contribution in [-0.4, -0.2) is 11.4 Å². The Morgan fingerprint density at radius 1 is 0.955 bits per heavy atom. The number of rotatable bonds is 3. The predicted octanol–water partition coefficient (Wildman–Crippen LogP) is 5.10. The van der Waals surface area contributed by atoms with Crippen molar-refractivity contribution < 1.29 is 4.39 Å². The van der Waals surface area contributed by atoms with Crippen molar-refractivity contribution in [3.8, 4) is 0 Å². The third-order valence-corrected chi connectivity index (χ3v) is 3.84. The molecule has 0 unspecified atom stereocenters. The van der Waals surface area contributed by atoms with Crippen LogP contribution in [0.5, 0.6) is 0 Å². The number of hydrogen-bond donors (Lipinski definition) is 0. The molecule has 1 aliphatic heterocycles. The van der Waals surface area contributed by atoms with Crippen molar-refractivity contribution in [1.82, 2.24) is 4.90 Å². The lowest BCUT2D eigenvalue weighted by Gasteiger charge is -2.32. The molecule has 1 nitrogen and oxygen atoms in total. The number of hydrogen-bond acceptors (Lipinski definition) is 1. The topological polar surface area (TPSA) is 3.24 Å². The number of nitrogens with zero attached hydrogens (tertiary/aromatic N) is 1. The Morgan fingerprint density at radius 3 is 2.32 bits per heavy atom. The number of likely N-dealkylation sites (N-methyl/N-ethyl adjacent to an activating group) is 1. The van der Waals surface area contributed by atoms with Crippen LogP contribution >= 0.6 is 0 Å². The predicted molar refractivity (Wildman–Crippen MR) is 90.3 cm³/mol. The summed E-state index contributed by atoms with van der Waals surface area (Å²) in [4.78, 5) is 2.06. The molecule has 0 N–H and O–H groups in total. The van der Waals surface area contributed by atoms with Crippen molar-refractivity contribution in [1.29, 1.82) is 0 Å². The summed E-state index contributed by atoms with van der Waals surface area (Å²) in [7, 11) is 0. The molecular formula is C20H18FN. The van der Waals surface area contributed by atoms with Gasteiger partial charge in [-0.2, -0.15) is 0 Å². The van der Waals surface area contributed by atoms with Gasteiger partial charge in [-0.25, -0.2) is 4.39 Å². The van der Waals surface area contributed by atoms with Crippen molar-refractivity contribution in [2.75, 3.05) is 6.54 Å². The van der Waals surface area contributed by atoms with Gasteiger partial charge < -0.3 is 4.90 Å². The van der Waals surface area contributed by atoms with Crippen LogP contribution in [0.25, 0.3) is 11.3 Å². The van der Waals surface area contributed by atoms with Gasteiger partial charge in [0.2, 0.25) is 0 Å². The quantitative estimate of drug-likeness (QED) is 0.760. The first-order valence-corrected chi connectivity index (χ1v) is 7.41. The fourth-order valence-electron chi connectivity index (χ4n) is 2.79. The van der Waals surface area contributed by atoms with Gasteiger partial charge in [0, 0.05) is 23.4 Å². The van der Waals surface area contributed by atoms with Gasteiger partial charge in [0.1, 0.15) is 5.82 Å². The summed E-state index contributed by atoms with van der Waals surface area (Å²) < 4.78 is 14.4. The molecule has 0 spiro atoms. The average Bonchev–Trinajstić information content (AvgIpc) is 2.56. The normalized spacial score (nSPS) is 14.6. The monoisotopic (exact) mass is 291 g/mol. The van der Waals surface area contributed by atoms with E-state index in [9.17, 15) is 4.39 Å². The highest BCUT2D eigenvalue weighted by molar-refractivity contribution is 5.97. The van der Waals surface area contributed by atoms with Crippen LogP contribution in [0.15, 0.2) is 79.0 Å². The maximum Gasteiger partial charge on any atom is 0.132 e. The minimum absolute atomic E-state index is 0.215. The zero-order valence-electron chi connectivity index (χ0n) is 12.6. The lowest BCUT2D eigenvalue weighted by Crippen LogP contribution is -2.23. The molecule has 1 aliphatic rings. The Balaban J connectivity index is 2.28. The molecule has 2 aromatic carbocycles. The van der Waals surface area contributed by atoms with Crippen LogP contribution in [0.2, 0.25) is 0 Å². The van der Waals surface area contributed by atoms with Crippen LogP contribution in [0.4, 0.5) is 4.39 Å². The van der Waals surface area contributed by atoms with Crippen LogP contribution in [0.1, 0.15) is 18.1 Å². The molecule has 3 rings (SSSR count). The summed E-state index contributed by atoms with van der Waals surface area (Å²) in [5.41, 5.74) is 4.44. The van der Waals surface area contributed by atoms with Crippen molar-refractivity contribution in [2.24, 2.45) is 0 Å². The fourth-order valence-corrected chi connectivity index (χ4v) is 2.79. The van der Waals surface area contributed by atoms with Crippen LogP contribution in [-0.2, 0) is 0 Å². The average molecular weight is 291 g/mol. The van der Waals surface area contributed by atoms with E-state index in [1.807, 2.05) is 61.5 Å². The molecule has 0 bridgehead atoms. The van der Waals surface area contributed by atoms with E-state index in [-0.39, 0.29) is 5.82 Å². The maximum atomic E-state index is 14.4. The van der Waals surface area contributed by atoms with Crippen molar-refractivity contribution in [3.05, 3.63) is 96.0 Å². The Morgan fingerprint density at radius 2 is 1.64 bits per heavy atom. The summed E-state index contributed by atoms with van der Waals surface area (Å²) in [5, 5.41) is 0. The zero-order chi connectivity index (χ0) is 15.5. The highest BCUT2D eigenvalue weighted by Gasteiger charge is 2.22. The van der Waals surface area contributed by atoms with E-state index < -0.39 is 0 Å². The van der Waals surface area contributed by atoms with E-state index in [4.69, 9.17) is 0 Å². The summed E-state index contributed by atoms with van der Waals surface area (Å²) in [5.74, 6) is -0.215. The first-order chi connectivity index (χ1) is 10.7. The van der Waals surface area contributed by atoms with Gasteiger partial charge >= 0.3 is 0 Å². The van der Waals surface area contributed by atoms with E-state index >= 15 is 0 Å². The van der Waals surface area contributed by atoms with Gasteiger partial charge in [-0.15, -0.1) is 0 Å². The molecular weight excluding hydrogens is 273 g/mol. The molecule has 0 amide bonds. The molecule has 0 atom stereocenters. The lowest BCUT2D eigenvalue weighted by atomic mass is 9.94. The molecule has 0 aromatic heterocycles. The first kappa shape index (κ1) is 14.3. The number of benzene rings is 2. The second kappa shape index (κ2) is 6.02. The first-order valence-electron chi connectivity index (χ1n) is 7.41. The minimum atomic E-state index is -0.215. The zero-order valence-corrected chi connectivity index (χ0v) is 12.6. The molecule has 110 valence electrons. The smallest absolute Gasteiger partial charge is 0.132 e. The Kier molecular flexibility index (Phi) is 3.92. The van der Waals surface area contributed by atoms with Crippen LogP contribution < -0.4 is 0 Å². The molecule has 0 saturated carbocycles. The van der Waals surface area contributed by atoms with Gasteiger partial charge in [-0.1, -0.05) is 55.1 Å². The highest BCUT2D eigenvalue weighted by Crippen LogP contribution is 2.37. The fraction of sp³-hybridized carbons (Fsp3) is 0.100.